The Balaban J connectivity index is 1.95. The smallest absolute Gasteiger partial charge is 0.161 e. The summed E-state index contributed by atoms with van der Waals surface area (Å²) in [7, 11) is 1.92. The molecule has 1 aromatic heterocycles. The maximum absolute atomic E-state index is 6.39. The van der Waals surface area contributed by atoms with Crippen LogP contribution in [0.25, 0.3) is 0 Å². The first-order valence-electron chi connectivity index (χ1n) is 6.86. The quantitative estimate of drug-likeness (QED) is 0.926. The zero-order valence-electron chi connectivity index (χ0n) is 11.8. The molecule has 5 nitrogen and oxygen atoms in total. The Labute approximate surface area is 118 Å². The number of benzene rings is 1. The van der Waals surface area contributed by atoms with Crippen LogP contribution in [0.2, 0.25) is 0 Å². The third-order valence-corrected chi connectivity index (χ3v) is 3.53. The third kappa shape index (κ3) is 2.25. The van der Waals surface area contributed by atoms with E-state index < -0.39 is 0 Å². The molecule has 1 aromatic carbocycles. The molecule has 0 saturated heterocycles. The highest BCUT2D eigenvalue weighted by Gasteiger charge is 2.19. The Morgan fingerprint density at radius 1 is 1.30 bits per heavy atom. The lowest BCUT2D eigenvalue weighted by Gasteiger charge is -2.20. The van der Waals surface area contributed by atoms with E-state index in [1.165, 1.54) is 0 Å². The van der Waals surface area contributed by atoms with Crippen LogP contribution in [0.15, 0.2) is 24.4 Å². The summed E-state index contributed by atoms with van der Waals surface area (Å²) in [6, 6.07) is 5.68. The topological polar surface area (TPSA) is 62.3 Å². The maximum atomic E-state index is 6.39. The van der Waals surface area contributed by atoms with Crippen LogP contribution in [-0.4, -0.2) is 23.0 Å². The van der Waals surface area contributed by atoms with Gasteiger partial charge in [-0.25, -0.2) is 0 Å². The summed E-state index contributed by atoms with van der Waals surface area (Å²) in [6.07, 6.45) is 2.86. The molecule has 20 heavy (non-hydrogen) atoms. The van der Waals surface area contributed by atoms with Crippen molar-refractivity contribution in [2.75, 3.05) is 13.2 Å². The van der Waals surface area contributed by atoms with Gasteiger partial charge in [-0.1, -0.05) is 13.0 Å². The molecule has 2 aromatic rings. The standard InChI is InChI=1S/C15H19N3O2/c1-3-12-11(9-18(2)17-12)15(16)10-4-5-13-14(8-10)20-7-6-19-13/h4-5,8-9,15H,3,6-7,16H2,1-2H3. The van der Waals surface area contributed by atoms with Gasteiger partial charge in [0.2, 0.25) is 0 Å². The van der Waals surface area contributed by atoms with Gasteiger partial charge in [0.25, 0.3) is 0 Å². The third-order valence-electron chi connectivity index (χ3n) is 3.53. The zero-order chi connectivity index (χ0) is 14.1. The molecule has 0 saturated carbocycles. The summed E-state index contributed by atoms with van der Waals surface area (Å²) in [4.78, 5) is 0. The van der Waals surface area contributed by atoms with Crippen molar-refractivity contribution < 1.29 is 9.47 Å². The Morgan fingerprint density at radius 3 is 2.80 bits per heavy atom. The molecule has 0 aliphatic carbocycles. The van der Waals surface area contributed by atoms with E-state index in [0.29, 0.717) is 13.2 Å². The van der Waals surface area contributed by atoms with Crippen LogP contribution in [-0.2, 0) is 13.5 Å². The predicted molar refractivity (Wildman–Crippen MR) is 76.0 cm³/mol. The fourth-order valence-corrected chi connectivity index (χ4v) is 2.52. The first-order chi connectivity index (χ1) is 9.69. The van der Waals surface area contributed by atoms with Crippen LogP contribution >= 0.6 is 0 Å². The monoisotopic (exact) mass is 273 g/mol. The van der Waals surface area contributed by atoms with E-state index in [1.807, 2.05) is 36.1 Å². The van der Waals surface area contributed by atoms with Crippen molar-refractivity contribution in [2.45, 2.75) is 19.4 Å². The number of hydrogen-bond donors (Lipinski definition) is 1. The molecule has 5 heteroatoms. The minimum Gasteiger partial charge on any atom is -0.486 e. The highest BCUT2D eigenvalue weighted by molar-refractivity contribution is 5.46. The second-order valence-corrected chi connectivity index (χ2v) is 4.94. The normalized spacial score (nSPS) is 15.2. The molecule has 0 spiro atoms. The van der Waals surface area contributed by atoms with E-state index in [0.717, 1.165) is 34.7 Å². The summed E-state index contributed by atoms with van der Waals surface area (Å²) in [6.45, 7) is 3.27. The van der Waals surface area contributed by atoms with E-state index in [4.69, 9.17) is 15.2 Å². The number of ether oxygens (including phenoxy) is 2. The number of aryl methyl sites for hydroxylation is 2. The van der Waals surface area contributed by atoms with Gasteiger partial charge in [0.15, 0.2) is 11.5 Å². The fraction of sp³-hybridized carbons (Fsp3) is 0.400. The van der Waals surface area contributed by atoms with Crippen LogP contribution in [0.3, 0.4) is 0 Å². The van der Waals surface area contributed by atoms with Gasteiger partial charge in [0.1, 0.15) is 13.2 Å². The molecule has 1 atom stereocenters. The van der Waals surface area contributed by atoms with Crippen molar-refractivity contribution in [3.63, 3.8) is 0 Å². The molecule has 0 fully saturated rings. The van der Waals surface area contributed by atoms with Crippen molar-refractivity contribution >= 4 is 0 Å². The van der Waals surface area contributed by atoms with Crippen molar-refractivity contribution in [3.05, 3.63) is 41.2 Å². The van der Waals surface area contributed by atoms with Crippen LogP contribution in [0, 0.1) is 0 Å². The Hall–Kier alpha value is -2.01. The predicted octanol–water partition coefficient (Wildman–Crippen LogP) is 1.80. The molecule has 2 N–H and O–H groups in total. The van der Waals surface area contributed by atoms with E-state index in [1.54, 1.807) is 0 Å². The van der Waals surface area contributed by atoms with Crippen molar-refractivity contribution in [3.8, 4) is 11.5 Å². The number of fused-ring (bicyclic) bond motifs is 1. The summed E-state index contributed by atoms with van der Waals surface area (Å²) < 4.78 is 13.0. The second-order valence-electron chi connectivity index (χ2n) is 4.94. The van der Waals surface area contributed by atoms with E-state index in [-0.39, 0.29) is 6.04 Å². The maximum Gasteiger partial charge on any atom is 0.161 e. The average Bonchev–Trinajstić information content (AvgIpc) is 2.87. The molecule has 2 heterocycles. The average molecular weight is 273 g/mol. The minimum absolute atomic E-state index is 0.200. The number of aromatic nitrogens is 2. The van der Waals surface area contributed by atoms with Crippen molar-refractivity contribution in [1.82, 2.24) is 9.78 Å². The van der Waals surface area contributed by atoms with E-state index in [9.17, 15) is 0 Å². The van der Waals surface area contributed by atoms with Crippen LogP contribution in [0.5, 0.6) is 11.5 Å². The molecule has 3 rings (SSSR count). The van der Waals surface area contributed by atoms with Gasteiger partial charge in [-0.05, 0) is 24.1 Å². The largest absolute Gasteiger partial charge is 0.486 e. The molecular formula is C15H19N3O2. The number of nitrogens with zero attached hydrogens (tertiary/aromatic N) is 2. The summed E-state index contributed by atoms with van der Waals surface area (Å²) >= 11 is 0. The van der Waals surface area contributed by atoms with Crippen LogP contribution in [0.4, 0.5) is 0 Å². The first-order valence-corrected chi connectivity index (χ1v) is 6.86. The van der Waals surface area contributed by atoms with Gasteiger partial charge in [-0.2, -0.15) is 5.10 Å². The van der Waals surface area contributed by atoms with Gasteiger partial charge in [0, 0.05) is 18.8 Å². The molecule has 0 bridgehead atoms. The van der Waals surface area contributed by atoms with Crippen molar-refractivity contribution in [1.29, 1.82) is 0 Å². The Bertz CT molecular complexity index is 622. The lowest BCUT2D eigenvalue weighted by molar-refractivity contribution is 0.171. The van der Waals surface area contributed by atoms with Gasteiger partial charge in [-0.15, -0.1) is 0 Å². The fourth-order valence-electron chi connectivity index (χ4n) is 2.52. The summed E-state index contributed by atoms with van der Waals surface area (Å²) in [5.74, 6) is 1.56. The van der Waals surface area contributed by atoms with Gasteiger partial charge in [0.05, 0.1) is 11.7 Å². The molecule has 106 valence electrons. The SMILES string of the molecule is CCc1nn(C)cc1C(N)c1ccc2c(c1)OCCO2. The molecule has 1 unspecified atom stereocenters. The summed E-state index contributed by atoms with van der Waals surface area (Å²) in [5.41, 5.74) is 9.50. The lowest BCUT2D eigenvalue weighted by Crippen LogP contribution is -2.17. The number of nitrogens with two attached hydrogens (primary N) is 1. The first kappa shape index (κ1) is 13.0. The number of hydrogen-bond acceptors (Lipinski definition) is 4. The van der Waals surface area contributed by atoms with Crippen LogP contribution in [0.1, 0.15) is 29.8 Å². The summed E-state index contributed by atoms with van der Waals surface area (Å²) in [5, 5.41) is 4.44. The highest BCUT2D eigenvalue weighted by atomic mass is 16.6. The molecule has 1 aliphatic rings. The van der Waals surface area contributed by atoms with Crippen molar-refractivity contribution in [2.24, 2.45) is 12.8 Å². The Morgan fingerprint density at radius 2 is 2.05 bits per heavy atom. The van der Waals surface area contributed by atoms with Gasteiger partial charge >= 0.3 is 0 Å². The second kappa shape index (κ2) is 5.17. The molecule has 0 amide bonds. The highest BCUT2D eigenvalue weighted by Crippen LogP contribution is 2.34. The van der Waals surface area contributed by atoms with Gasteiger partial charge < -0.3 is 15.2 Å². The zero-order valence-corrected chi connectivity index (χ0v) is 11.8. The minimum atomic E-state index is -0.200. The lowest BCUT2D eigenvalue weighted by atomic mass is 9.99. The van der Waals surface area contributed by atoms with E-state index >= 15 is 0 Å². The molecule has 0 radical (unpaired) electrons. The number of rotatable bonds is 3. The molecule has 1 aliphatic heterocycles. The molecular weight excluding hydrogens is 254 g/mol. The van der Waals surface area contributed by atoms with E-state index in [2.05, 4.69) is 12.0 Å². The van der Waals surface area contributed by atoms with Gasteiger partial charge in [-0.3, -0.25) is 4.68 Å². The Kier molecular flexibility index (Phi) is 3.36. The van der Waals surface area contributed by atoms with Crippen LogP contribution < -0.4 is 15.2 Å².